The van der Waals surface area contributed by atoms with Crippen molar-refractivity contribution in [3.63, 3.8) is 0 Å². The van der Waals surface area contributed by atoms with E-state index in [1.807, 2.05) is 0 Å². The van der Waals surface area contributed by atoms with Gasteiger partial charge in [-0.3, -0.25) is 9.59 Å². The Morgan fingerprint density at radius 1 is 1.16 bits per heavy atom. The van der Waals surface area contributed by atoms with Gasteiger partial charge < -0.3 is 34.2 Å². The zero-order valence-corrected chi connectivity index (χ0v) is 22.7. The second-order valence-corrected chi connectivity index (χ2v) is 9.80. The molecule has 198 valence electrons. The van der Waals surface area contributed by atoms with Crippen molar-refractivity contribution in [2.75, 3.05) is 46.5 Å². The molecule has 0 bridgehead atoms. The zero-order valence-electron chi connectivity index (χ0n) is 21.1. The number of rotatable bonds is 9. The van der Waals surface area contributed by atoms with E-state index >= 15 is 0 Å². The maximum absolute atomic E-state index is 13.8. The molecular weight excluding hydrogens is 544 g/mol. The van der Waals surface area contributed by atoms with Crippen molar-refractivity contribution in [2.45, 2.75) is 26.3 Å². The summed E-state index contributed by atoms with van der Waals surface area (Å²) >= 11 is 3.32. The molecule has 2 aliphatic heterocycles. The molecule has 0 spiro atoms. The highest BCUT2D eigenvalue weighted by atomic mass is 79.9. The third-order valence-electron chi connectivity index (χ3n) is 6.85. The first-order valence-electron chi connectivity index (χ1n) is 12.4. The lowest BCUT2D eigenvalue weighted by atomic mass is 9.94. The number of aromatic hydroxyl groups is 1. The van der Waals surface area contributed by atoms with Crippen LogP contribution in [0.5, 0.6) is 23.0 Å². The summed E-state index contributed by atoms with van der Waals surface area (Å²) in [6.07, 6.45) is 0.661. The van der Waals surface area contributed by atoms with E-state index in [0.29, 0.717) is 47.7 Å². The molecule has 0 saturated carbocycles. The van der Waals surface area contributed by atoms with Crippen LogP contribution in [-0.4, -0.2) is 68.2 Å². The molecule has 2 aliphatic rings. The SMILES string of the molecule is CC[NH+](CC)CCCN1C(=O)C(=O)C(=C([O-])c2ccc3c(c2)OCCO3)C1c1cc(Br)c(O)c(OC)c1. The molecule has 1 atom stereocenters. The van der Waals surface area contributed by atoms with Gasteiger partial charge in [-0.2, -0.15) is 0 Å². The molecule has 0 aliphatic carbocycles. The van der Waals surface area contributed by atoms with E-state index in [0.717, 1.165) is 19.6 Å². The van der Waals surface area contributed by atoms with Crippen molar-refractivity contribution < 1.29 is 38.9 Å². The summed E-state index contributed by atoms with van der Waals surface area (Å²) in [5.41, 5.74) is 0.568. The highest BCUT2D eigenvalue weighted by Crippen LogP contribution is 2.44. The van der Waals surface area contributed by atoms with Gasteiger partial charge in [0.1, 0.15) is 13.2 Å². The molecule has 1 amide bonds. The molecule has 1 fully saturated rings. The van der Waals surface area contributed by atoms with Crippen molar-refractivity contribution in [3.8, 4) is 23.0 Å². The maximum Gasteiger partial charge on any atom is 0.295 e. The smallest absolute Gasteiger partial charge is 0.295 e. The van der Waals surface area contributed by atoms with Gasteiger partial charge in [-0.1, -0.05) is 11.8 Å². The van der Waals surface area contributed by atoms with E-state index in [2.05, 4.69) is 29.8 Å². The first kappa shape index (κ1) is 26.8. The van der Waals surface area contributed by atoms with E-state index in [9.17, 15) is 19.8 Å². The van der Waals surface area contributed by atoms with Crippen LogP contribution in [0.4, 0.5) is 0 Å². The van der Waals surface area contributed by atoms with Crippen LogP contribution in [0.25, 0.3) is 5.76 Å². The van der Waals surface area contributed by atoms with E-state index in [-0.39, 0.29) is 22.6 Å². The van der Waals surface area contributed by atoms with Crippen molar-refractivity contribution in [3.05, 3.63) is 51.5 Å². The third kappa shape index (κ3) is 5.26. The Balaban J connectivity index is 1.80. The number of ether oxygens (including phenoxy) is 3. The van der Waals surface area contributed by atoms with Crippen LogP contribution in [0.2, 0.25) is 0 Å². The number of methoxy groups -OCH3 is 1. The Labute approximate surface area is 224 Å². The molecule has 1 saturated heterocycles. The summed E-state index contributed by atoms with van der Waals surface area (Å²) in [6.45, 7) is 8.00. The van der Waals surface area contributed by atoms with Crippen LogP contribution in [0.1, 0.15) is 37.4 Å². The molecule has 0 aromatic heterocycles. The Bertz CT molecular complexity index is 1230. The lowest BCUT2D eigenvalue weighted by molar-refractivity contribution is -0.896. The fourth-order valence-corrected chi connectivity index (χ4v) is 5.26. The Morgan fingerprint density at radius 3 is 2.54 bits per heavy atom. The third-order valence-corrected chi connectivity index (χ3v) is 7.45. The first-order valence-corrected chi connectivity index (χ1v) is 13.2. The summed E-state index contributed by atoms with van der Waals surface area (Å²) in [7, 11) is 1.41. The summed E-state index contributed by atoms with van der Waals surface area (Å²) in [5, 5.41) is 24.1. The summed E-state index contributed by atoms with van der Waals surface area (Å²) in [5.74, 6) is -1.12. The number of phenols is 1. The number of carbonyl (C=O) groups is 2. The van der Waals surface area contributed by atoms with Gasteiger partial charge in [-0.25, -0.2) is 0 Å². The minimum absolute atomic E-state index is 0.113. The van der Waals surface area contributed by atoms with E-state index < -0.39 is 23.5 Å². The van der Waals surface area contributed by atoms with Gasteiger partial charge in [0.25, 0.3) is 5.91 Å². The van der Waals surface area contributed by atoms with Crippen LogP contribution in [-0.2, 0) is 9.59 Å². The summed E-state index contributed by atoms with van der Waals surface area (Å²) in [6, 6.07) is 6.96. The van der Waals surface area contributed by atoms with Crippen LogP contribution in [0.3, 0.4) is 0 Å². The minimum atomic E-state index is -0.932. The number of amides is 1. The normalized spacial score (nSPS) is 18.5. The number of hydrogen-bond acceptors (Lipinski definition) is 7. The average Bonchev–Trinajstić information content (AvgIpc) is 3.16. The Kier molecular flexibility index (Phi) is 8.29. The molecule has 9 nitrogen and oxygen atoms in total. The van der Waals surface area contributed by atoms with Gasteiger partial charge in [-0.05, 0) is 65.2 Å². The van der Waals surface area contributed by atoms with Crippen molar-refractivity contribution in [1.82, 2.24) is 4.90 Å². The van der Waals surface area contributed by atoms with E-state index in [1.54, 1.807) is 30.3 Å². The summed E-state index contributed by atoms with van der Waals surface area (Å²) in [4.78, 5) is 29.4. The number of quaternary nitrogens is 1. The van der Waals surface area contributed by atoms with E-state index in [4.69, 9.17) is 14.2 Å². The number of benzene rings is 2. The number of halogens is 1. The van der Waals surface area contributed by atoms with Gasteiger partial charge >= 0.3 is 0 Å². The second-order valence-electron chi connectivity index (χ2n) is 8.95. The fourth-order valence-electron chi connectivity index (χ4n) is 4.80. The van der Waals surface area contributed by atoms with Crippen LogP contribution >= 0.6 is 15.9 Å². The fraction of sp³-hybridized carbons (Fsp3) is 0.407. The number of ketones is 1. The lowest BCUT2D eigenvalue weighted by Crippen LogP contribution is -3.11. The lowest BCUT2D eigenvalue weighted by Gasteiger charge is -2.29. The average molecular weight is 575 g/mol. The topological polar surface area (TPSA) is 113 Å². The molecule has 1 unspecified atom stereocenters. The molecule has 37 heavy (non-hydrogen) atoms. The zero-order chi connectivity index (χ0) is 26.7. The molecule has 2 aromatic rings. The predicted octanol–water partition coefficient (Wildman–Crippen LogP) is 1.47. The number of likely N-dealkylation sites (tertiary alicyclic amines) is 1. The van der Waals surface area contributed by atoms with Crippen molar-refractivity contribution >= 4 is 33.4 Å². The van der Waals surface area contributed by atoms with E-state index in [1.165, 1.54) is 16.9 Å². The summed E-state index contributed by atoms with van der Waals surface area (Å²) < 4.78 is 16.8. The maximum atomic E-state index is 13.8. The number of carbonyl (C=O) groups excluding carboxylic acids is 2. The minimum Gasteiger partial charge on any atom is -0.872 e. The largest absolute Gasteiger partial charge is 0.872 e. The van der Waals surface area contributed by atoms with Gasteiger partial charge in [0.05, 0.1) is 37.3 Å². The molecule has 4 rings (SSSR count). The van der Waals surface area contributed by atoms with Crippen molar-refractivity contribution in [1.29, 1.82) is 0 Å². The van der Waals surface area contributed by atoms with Gasteiger partial charge in [0, 0.05) is 18.5 Å². The van der Waals surface area contributed by atoms with Crippen molar-refractivity contribution in [2.24, 2.45) is 0 Å². The number of hydrogen-bond donors (Lipinski definition) is 2. The number of Topliss-reactive ketones (excluding diaryl/α,β-unsaturated/α-hetero) is 1. The standard InChI is InChI=1S/C27H31BrN2O7/c1-4-29(5-2)9-6-10-30-23(17-13-18(28)25(32)21(15-17)35-3)22(26(33)27(30)34)24(31)16-7-8-19-20(14-16)37-12-11-36-19/h7-8,13-15,23,31-32H,4-6,9-12H2,1-3H3. The molecule has 2 heterocycles. The van der Waals surface area contributed by atoms with Gasteiger partial charge in [0.2, 0.25) is 5.78 Å². The van der Waals surface area contributed by atoms with Crippen LogP contribution in [0, 0.1) is 0 Å². The molecule has 2 N–H and O–H groups in total. The second kappa shape index (κ2) is 11.4. The quantitative estimate of drug-likeness (QED) is 0.265. The van der Waals surface area contributed by atoms with Gasteiger partial charge in [0.15, 0.2) is 23.0 Å². The highest BCUT2D eigenvalue weighted by molar-refractivity contribution is 9.10. The number of phenolic OH excluding ortho intramolecular Hbond substituents is 1. The van der Waals surface area contributed by atoms with Crippen LogP contribution < -0.4 is 24.2 Å². The monoisotopic (exact) mass is 574 g/mol. The predicted molar refractivity (Wildman–Crippen MR) is 138 cm³/mol. The molecule has 0 radical (unpaired) electrons. The molecule has 2 aromatic carbocycles. The van der Waals surface area contributed by atoms with Gasteiger partial charge in [-0.15, -0.1) is 0 Å². The molecular formula is C27H31BrN2O7. The molecule has 10 heteroatoms. The first-order chi connectivity index (χ1) is 17.8. The van der Waals surface area contributed by atoms with Crippen LogP contribution in [0.15, 0.2) is 40.4 Å². The number of nitrogens with zero attached hydrogens (tertiary/aromatic N) is 1. The number of nitrogens with one attached hydrogen (secondary N) is 1. The highest BCUT2D eigenvalue weighted by Gasteiger charge is 2.44. The Morgan fingerprint density at radius 2 is 1.86 bits per heavy atom. The number of fused-ring (bicyclic) bond motifs is 1. The Hall–Kier alpha value is -3.24.